The number of benzene rings is 10. The summed E-state index contributed by atoms with van der Waals surface area (Å²) in [5.74, 6) is 3.17. The van der Waals surface area contributed by atoms with Crippen LogP contribution in [0, 0.1) is 27.7 Å². The zero-order chi connectivity index (χ0) is 55.8. The van der Waals surface area contributed by atoms with E-state index in [1.165, 1.54) is 11.1 Å². The summed E-state index contributed by atoms with van der Waals surface area (Å²) >= 11 is 0. The molecule has 1 aliphatic heterocycles. The molecule has 0 amide bonds. The molecule has 12 rings (SSSR count). The Balaban J connectivity index is 1.27. The van der Waals surface area contributed by atoms with E-state index < -0.39 is 21.8 Å². The molecule has 0 saturated heterocycles. The molecule has 0 bridgehead atoms. The topological polar surface area (TPSA) is 54.0 Å². The Morgan fingerprint density at radius 1 is 0.380 bits per heavy atom. The molecule has 1 aromatic heterocycles. The summed E-state index contributed by atoms with van der Waals surface area (Å²) in [4.78, 5) is 0. The highest BCUT2D eigenvalue weighted by atomic mass is 31.1. The summed E-state index contributed by atoms with van der Waals surface area (Å²) < 4.78 is 37.8. The van der Waals surface area contributed by atoms with E-state index in [-0.39, 0.29) is 16.2 Å². The maximum absolute atomic E-state index is 8.16. The van der Waals surface area contributed by atoms with Crippen LogP contribution in [0.2, 0.25) is 0 Å². The van der Waals surface area contributed by atoms with Crippen molar-refractivity contribution >= 4 is 92.0 Å². The minimum absolute atomic E-state index is 0.105. The number of aryl methyl sites for hydroxylation is 4. The van der Waals surface area contributed by atoms with E-state index in [1.807, 2.05) is 0 Å². The quantitative estimate of drug-likeness (QED) is 0.161. The number of rotatable bonds is 5. The molecule has 0 N–H and O–H groups in total. The lowest BCUT2D eigenvalue weighted by molar-refractivity contribution is 0.478. The first-order valence-corrected chi connectivity index (χ1v) is 30.2. The predicted molar refractivity (Wildman–Crippen MR) is 338 cm³/mol. The van der Waals surface area contributed by atoms with Crippen LogP contribution in [-0.4, -0.2) is 0 Å². The smallest absolute Gasteiger partial charge is 0.453 e. The van der Waals surface area contributed by atoms with Gasteiger partial charge in [0.15, 0.2) is 8.15 Å². The fourth-order valence-electron chi connectivity index (χ4n) is 11.6. The van der Waals surface area contributed by atoms with Crippen LogP contribution in [0.25, 0.3) is 76.2 Å². The molecule has 0 atom stereocenters. The van der Waals surface area contributed by atoms with Crippen molar-refractivity contribution in [1.29, 1.82) is 0 Å². The van der Waals surface area contributed by atoms with Crippen LogP contribution in [0.4, 0.5) is 0 Å². The first-order chi connectivity index (χ1) is 37.3. The van der Waals surface area contributed by atoms with Gasteiger partial charge in [0.05, 0.1) is 10.6 Å². The summed E-state index contributed by atoms with van der Waals surface area (Å²) in [6, 6.07) is 53.5. The second-order valence-electron chi connectivity index (χ2n) is 26.3. The van der Waals surface area contributed by atoms with E-state index in [2.05, 4.69) is 256 Å². The van der Waals surface area contributed by atoms with E-state index in [4.69, 9.17) is 22.2 Å². The van der Waals surface area contributed by atoms with Gasteiger partial charge in [0, 0.05) is 33.0 Å². The minimum Gasteiger partial charge on any atom is -0.463 e. The van der Waals surface area contributed by atoms with Crippen LogP contribution >= 0.6 is 16.4 Å². The second kappa shape index (κ2) is 18.8. The van der Waals surface area contributed by atoms with Gasteiger partial charge >= 0.3 is 8.24 Å². The molecule has 2 heterocycles. The van der Waals surface area contributed by atoms with Gasteiger partial charge in [0.1, 0.15) is 34.2 Å². The molecule has 11 aromatic rings. The molecule has 0 unspecified atom stereocenters. The Kier molecular flexibility index (Phi) is 12.5. The molecule has 10 aromatic carbocycles. The van der Waals surface area contributed by atoms with Crippen molar-refractivity contribution in [2.24, 2.45) is 0 Å². The predicted octanol–water partition coefficient (Wildman–Crippen LogP) is 21.4. The van der Waals surface area contributed by atoms with Crippen LogP contribution in [0.5, 0.6) is 23.0 Å². The summed E-state index contributed by atoms with van der Waals surface area (Å²) in [5.41, 5.74) is 11.4. The molecule has 0 spiro atoms. The average molecular weight is 1080 g/mol. The standard InChI is InChI=1S/C72H72O5P2/c1-41-25-31-57-59(33-41)78(60-34-42(2)26-32-58(60)73-57)74-67-55(71(11,12)13)39-47-37-49(69(5,6)7)27-29-53(47)63(67)64-54-30-28-50(70(8,9)10)38-48(54)40-56(72(14,15)16)68(64)77-79-75-65-43(3)35-45-21-17-19-23-51(45)61(65)62-52-24-20-18-22-46(52)36-44(4)66(62)76-79/h17-40H,1-16H3. The highest BCUT2D eigenvalue weighted by Gasteiger charge is 2.37. The van der Waals surface area contributed by atoms with Crippen molar-refractivity contribution < 1.29 is 22.2 Å². The maximum Gasteiger partial charge on any atom is 0.453 e. The van der Waals surface area contributed by atoms with Gasteiger partial charge in [0.2, 0.25) is 0 Å². The van der Waals surface area contributed by atoms with E-state index >= 15 is 0 Å². The highest BCUT2D eigenvalue weighted by Crippen LogP contribution is 2.58. The van der Waals surface area contributed by atoms with Gasteiger partial charge in [-0.2, -0.15) is 0 Å². The summed E-state index contributed by atoms with van der Waals surface area (Å²) in [6.07, 6.45) is 0. The lowest BCUT2D eigenvalue weighted by Gasteiger charge is -2.34. The van der Waals surface area contributed by atoms with Gasteiger partial charge in [-0.25, -0.2) is 0 Å². The Hall–Kier alpha value is -7.03. The van der Waals surface area contributed by atoms with Gasteiger partial charge in [-0.3, -0.25) is 0 Å². The van der Waals surface area contributed by atoms with E-state index in [0.717, 1.165) is 137 Å². The summed E-state index contributed by atoms with van der Waals surface area (Å²) in [5, 5.41) is 13.0. The molecular formula is C72H72O5P2. The first-order valence-electron chi connectivity index (χ1n) is 27.8. The maximum atomic E-state index is 8.16. The van der Waals surface area contributed by atoms with E-state index in [9.17, 15) is 0 Å². The Labute approximate surface area is 468 Å². The highest BCUT2D eigenvalue weighted by molar-refractivity contribution is 7.69. The first kappa shape index (κ1) is 52.7. The van der Waals surface area contributed by atoms with Crippen molar-refractivity contribution in [2.75, 3.05) is 0 Å². The Morgan fingerprint density at radius 3 is 1.22 bits per heavy atom. The monoisotopic (exact) mass is 1080 g/mol. The van der Waals surface area contributed by atoms with Crippen molar-refractivity contribution in [3.05, 3.63) is 190 Å². The lowest BCUT2D eigenvalue weighted by Crippen LogP contribution is -2.25. The van der Waals surface area contributed by atoms with Crippen LogP contribution in [0.1, 0.15) is 128 Å². The fraction of sp³-hybridized carbons (Fsp3) is 0.278. The van der Waals surface area contributed by atoms with Crippen molar-refractivity contribution in [3.63, 3.8) is 0 Å². The van der Waals surface area contributed by atoms with Gasteiger partial charge in [-0.1, -0.05) is 191 Å². The fourth-order valence-corrected chi connectivity index (χ4v) is 15.0. The lowest BCUT2D eigenvalue weighted by atomic mass is 9.77. The normalized spacial score (nSPS) is 13.4. The number of ether oxygens (including phenoxy) is 1. The van der Waals surface area contributed by atoms with Gasteiger partial charge in [-0.15, -0.1) is 0 Å². The second-order valence-corrected chi connectivity index (χ2v) is 29.0. The molecule has 0 saturated carbocycles. The summed E-state index contributed by atoms with van der Waals surface area (Å²) in [6.45, 7) is 36.2. The third-order valence-corrected chi connectivity index (χ3v) is 18.9. The molecular weight excluding hydrogens is 1010 g/mol. The zero-order valence-electron chi connectivity index (χ0n) is 48.8. The molecule has 5 nitrogen and oxygen atoms in total. The number of hydrogen-bond donors (Lipinski definition) is 0. The molecule has 0 fully saturated rings. The van der Waals surface area contributed by atoms with Gasteiger partial charge in [-0.05, 0) is 163 Å². The minimum atomic E-state index is -2.19. The third-order valence-electron chi connectivity index (χ3n) is 16.0. The number of fused-ring (bicyclic) bond motifs is 11. The largest absolute Gasteiger partial charge is 0.463 e. The van der Waals surface area contributed by atoms with Gasteiger partial charge in [0.25, 0.3) is 0 Å². The van der Waals surface area contributed by atoms with Crippen LogP contribution in [-0.2, 0) is 21.7 Å². The van der Waals surface area contributed by atoms with Crippen molar-refractivity contribution in [3.8, 4) is 34.1 Å². The molecule has 0 aliphatic carbocycles. The SMILES string of the molecule is Cc1ccc2c(c1)P(Oc1c(C(C)(C)C)cc3cc(C(C)(C)C)ccc3c1-c1c(Op3oc4c(C)cc5ccccc5c4c4c(o3)c(C)cc3ccccc34)c(C(C)(C)C)cc3cc(C(C)(C)C)ccc13)c1cc(C)ccc1O2. The van der Waals surface area contributed by atoms with Crippen LogP contribution in [0.3, 0.4) is 0 Å². The third kappa shape index (κ3) is 9.26. The van der Waals surface area contributed by atoms with Crippen LogP contribution in [0.15, 0.2) is 154 Å². The van der Waals surface area contributed by atoms with E-state index in [1.54, 1.807) is 0 Å². The molecule has 7 heteroatoms. The van der Waals surface area contributed by atoms with E-state index in [0.29, 0.717) is 5.75 Å². The molecule has 0 radical (unpaired) electrons. The Morgan fingerprint density at radius 2 is 0.797 bits per heavy atom. The molecule has 400 valence electrons. The van der Waals surface area contributed by atoms with Crippen molar-refractivity contribution in [1.82, 2.24) is 0 Å². The number of hydrogen-bond acceptors (Lipinski definition) is 5. The van der Waals surface area contributed by atoms with Gasteiger partial charge < -0.3 is 22.2 Å². The Bertz CT molecular complexity index is 4220. The van der Waals surface area contributed by atoms with Crippen molar-refractivity contribution in [2.45, 2.75) is 132 Å². The average Bonchev–Trinajstić information content (AvgIpc) is 3.72. The zero-order valence-corrected chi connectivity index (χ0v) is 50.6. The van der Waals surface area contributed by atoms with Crippen LogP contribution < -0.4 is 24.4 Å². The molecule has 1 aliphatic rings. The molecule has 79 heavy (non-hydrogen) atoms. The summed E-state index contributed by atoms with van der Waals surface area (Å²) in [7, 11) is -3.68.